The van der Waals surface area contributed by atoms with Gasteiger partial charge in [0.1, 0.15) is 6.10 Å². The number of hydrogen-bond acceptors (Lipinski definition) is 3. The van der Waals surface area contributed by atoms with Crippen LogP contribution in [0.15, 0.2) is 24.3 Å². The maximum atomic E-state index is 12.0. The van der Waals surface area contributed by atoms with Crippen LogP contribution in [-0.4, -0.2) is 38.4 Å². The topological polar surface area (TPSA) is 59.6 Å². The molecule has 0 bridgehead atoms. The van der Waals surface area contributed by atoms with Gasteiger partial charge in [-0.3, -0.25) is 0 Å². The Labute approximate surface area is 140 Å². The normalized spacial score (nSPS) is 20.8. The van der Waals surface area contributed by atoms with E-state index < -0.39 is 6.61 Å². The molecule has 1 aromatic carbocycles. The highest BCUT2D eigenvalue weighted by Crippen LogP contribution is 2.28. The van der Waals surface area contributed by atoms with Gasteiger partial charge in [0.2, 0.25) is 0 Å². The lowest BCUT2D eigenvalue weighted by Gasteiger charge is -2.32. The number of carbonyl (C=O) groups is 1. The monoisotopic (exact) mass is 342 g/mol. The van der Waals surface area contributed by atoms with Gasteiger partial charge in [0.25, 0.3) is 0 Å². The highest BCUT2D eigenvalue weighted by Gasteiger charge is 2.28. The minimum atomic E-state index is -2.77. The molecule has 1 fully saturated rings. The van der Waals surface area contributed by atoms with E-state index in [4.69, 9.17) is 4.74 Å². The Morgan fingerprint density at radius 1 is 1.38 bits per heavy atom. The van der Waals surface area contributed by atoms with E-state index in [0.717, 1.165) is 18.4 Å². The van der Waals surface area contributed by atoms with Gasteiger partial charge >= 0.3 is 12.6 Å². The van der Waals surface area contributed by atoms with Gasteiger partial charge in [0, 0.05) is 13.2 Å². The molecule has 0 aromatic heterocycles. The Morgan fingerprint density at radius 2 is 2.12 bits per heavy atom. The van der Waals surface area contributed by atoms with Gasteiger partial charge in [-0.25, -0.2) is 4.79 Å². The largest absolute Gasteiger partial charge is 0.371 e. The molecule has 2 atom stereocenters. The second kappa shape index (κ2) is 9.54. The van der Waals surface area contributed by atoms with Crippen molar-refractivity contribution in [3.8, 4) is 0 Å². The number of aryl methyl sites for hydroxylation is 1. The molecule has 1 aliphatic heterocycles. The Kier molecular flexibility index (Phi) is 7.39. The number of alkyl halides is 2. The first-order valence-corrected chi connectivity index (χ1v) is 8.18. The third-order valence-electron chi connectivity index (χ3n) is 3.90. The molecule has 0 spiro atoms. The number of urea groups is 1. The molecule has 134 valence electrons. The molecule has 1 aliphatic rings. The second-order valence-corrected chi connectivity index (χ2v) is 5.84. The van der Waals surface area contributed by atoms with Crippen molar-refractivity contribution in [2.24, 2.45) is 0 Å². The number of carbonyl (C=O) groups excluding carboxylic acids is 1. The van der Waals surface area contributed by atoms with Gasteiger partial charge in [0.05, 0.1) is 12.6 Å². The average Bonchev–Trinajstić information content (AvgIpc) is 2.55. The summed E-state index contributed by atoms with van der Waals surface area (Å²) in [7, 11) is 0. The highest BCUT2D eigenvalue weighted by atomic mass is 19.3. The fraction of sp³-hybridized carbons (Fsp3) is 0.588. The summed E-state index contributed by atoms with van der Waals surface area (Å²) in [6.07, 6.45) is 1.88. The first kappa shape index (κ1) is 18.6. The average molecular weight is 342 g/mol. The van der Waals surface area contributed by atoms with Crippen molar-refractivity contribution in [3.63, 3.8) is 0 Å². The Balaban J connectivity index is 1.80. The summed E-state index contributed by atoms with van der Waals surface area (Å²) < 4.78 is 33.6. The molecule has 0 unspecified atom stereocenters. The van der Waals surface area contributed by atoms with Gasteiger partial charge in [-0.1, -0.05) is 29.8 Å². The lowest BCUT2D eigenvalue weighted by atomic mass is 9.95. The first-order valence-electron chi connectivity index (χ1n) is 8.18. The van der Waals surface area contributed by atoms with E-state index in [0.29, 0.717) is 13.0 Å². The van der Waals surface area contributed by atoms with Crippen LogP contribution in [0.4, 0.5) is 13.6 Å². The van der Waals surface area contributed by atoms with Crippen LogP contribution in [0.1, 0.15) is 36.5 Å². The maximum absolute atomic E-state index is 12.0. The van der Waals surface area contributed by atoms with Gasteiger partial charge in [-0.05, 0) is 31.7 Å². The summed E-state index contributed by atoms with van der Waals surface area (Å²) in [5.74, 6) is 0. The molecule has 2 amide bonds. The predicted molar refractivity (Wildman–Crippen MR) is 86.0 cm³/mol. The smallest absolute Gasteiger partial charge is 0.345 e. The number of ether oxygens (including phenoxy) is 2. The predicted octanol–water partition coefficient (Wildman–Crippen LogP) is 3.14. The summed E-state index contributed by atoms with van der Waals surface area (Å²) in [4.78, 5) is 12.0. The van der Waals surface area contributed by atoms with Crippen molar-refractivity contribution < 1.29 is 23.0 Å². The van der Waals surface area contributed by atoms with Crippen LogP contribution in [0.2, 0.25) is 0 Å². The molecule has 24 heavy (non-hydrogen) atoms. The molecule has 2 rings (SSSR count). The quantitative estimate of drug-likeness (QED) is 0.749. The fourth-order valence-electron chi connectivity index (χ4n) is 2.68. The number of hydrogen-bond donors (Lipinski definition) is 2. The van der Waals surface area contributed by atoms with Gasteiger partial charge in [-0.2, -0.15) is 8.78 Å². The third kappa shape index (κ3) is 6.05. The van der Waals surface area contributed by atoms with Crippen LogP contribution in [0.3, 0.4) is 0 Å². The SMILES string of the molecule is Cc1ccc([C@H]2OCCC[C@H]2NC(=O)NCCCOC(F)F)cc1. The molecule has 5 nitrogen and oxygen atoms in total. The summed E-state index contributed by atoms with van der Waals surface area (Å²) in [6.45, 7) is 0.113. The number of benzene rings is 1. The first-order chi connectivity index (χ1) is 11.6. The summed E-state index contributed by atoms with van der Waals surface area (Å²) in [5, 5.41) is 5.57. The standard InChI is InChI=1S/C17H24F2N2O3/c1-12-5-7-13(8-6-12)15-14(4-2-10-23-15)21-17(22)20-9-3-11-24-16(18)19/h5-8,14-16H,2-4,9-11H2,1H3,(H2,20,21,22)/t14-,15-/m1/s1. The third-order valence-corrected chi connectivity index (χ3v) is 3.90. The van der Waals surface area contributed by atoms with Crippen molar-refractivity contribution in [2.45, 2.75) is 44.9 Å². The molecule has 1 heterocycles. The summed E-state index contributed by atoms with van der Waals surface area (Å²) in [6, 6.07) is 7.64. The van der Waals surface area contributed by atoms with Crippen LogP contribution in [0.25, 0.3) is 0 Å². The minimum Gasteiger partial charge on any atom is -0.371 e. The molecule has 1 aromatic rings. The molecule has 0 aliphatic carbocycles. The van der Waals surface area contributed by atoms with Crippen LogP contribution < -0.4 is 10.6 Å². The fourth-order valence-corrected chi connectivity index (χ4v) is 2.68. The van der Waals surface area contributed by atoms with Crippen molar-refractivity contribution in [2.75, 3.05) is 19.8 Å². The molecule has 1 saturated heterocycles. The van der Waals surface area contributed by atoms with Crippen molar-refractivity contribution in [3.05, 3.63) is 35.4 Å². The van der Waals surface area contributed by atoms with Crippen molar-refractivity contribution >= 4 is 6.03 Å². The van der Waals surface area contributed by atoms with Gasteiger partial charge in [-0.15, -0.1) is 0 Å². The Morgan fingerprint density at radius 3 is 2.83 bits per heavy atom. The van der Waals surface area contributed by atoms with E-state index in [1.165, 1.54) is 5.56 Å². The van der Waals surface area contributed by atoms with E-state index in [1.54, 1.807) is 0 Å². The zero-order valence-corrected chi connectivity index (χ0v) is 13.8. The van der Waals surface area contributed by atoms with Crippen molar-refractivity contribution in [1.82, 2.24) is 10.6 Å². The molecular formula is C17H24F2N2O3. The highest BCUT2D eigenvalue weighted by molar-refractivity contribution is 5.74. The lowest BCUT2D eigenvalue weighted by Crippen LogP contribution is -2.47. The van der Waals surface area contributed by atoms with Crippen LogP contribution in [0, 0.1) is 6.92 Å². The number of nitrogens with one attached hydrogen (secondary N) is 2. The lowest BCUT2D eigenvalue weighted by molar-refractivity contribution is -0.128. The minimum absolute atomic E-state index is 0.0868. The molecular weight excluding hydrogens is 318 g/mol. The van der Waals surface area contributed by atoms with Crippen molar-refractivity contribution in [1.29, 1.82) is 0 Å². The number of rotatable bonds is 7. The maximum Gasteiger partial charge on any atom is 0.345 e. The Hall–Kier alpha value is -1.73. The molecule has 0 saturated carbocycles. The van der Waals surface area contributed by atoms with Crippen LogP contribution >= 0.6 is 0 Å². The molecule has 2 N–H and O–H groups in total. The second-order valence-electron chi connectivity index (χ2n) is 5.84. The van der Waals surface area contributed by atoms with E-state index >= 15 is 0 Å². The van der Waals surface area contributed by atoms with Gasteiger partial charge in [0.15, 0.2) is 0 Å². The van der Waals surface area contributed by atoms with E-state index in [-0.39, 0.29) is 31.3 Å². The molecule has 7 heteroatoms. The van der Waals surface area contributed by atoms with E-state index in [1.807, 2.05) is 31.2 Å². The summed E-state index contributed by atoms with van der Waals surface area (Å²) in [5.41, 5.74) is 2.21. The number of halogens is 2. The Bertz CT molecular complexity index is 511. The van der Waals surface area contributed by atoms with E-state index in [2.05, 4.69) is 15.4 Å². The number of amides is 2. The zero-order valence-electron chi connectivity index (χ0n) is 13.8. The van der Waals surface area contributed by atoms with E-state index in [9.17, 15) is 13.6 Å². The van der Waals surface area contributed by atoms with Gasteiger partial charge < -0.3 is 20.1 Å². The van der Waals surface area contributed by atoms with Crippen LogP contribution in [-0.2, 0) is 9.47 Å². The van der Waals surface area contributed by atoms with Crippen LogP contribution in [0.5, 0.6) is 0 Å². The summed E-state index contributed by atoms with van der Waals surface area (Å²) >= 11 is 0. The zero-order chi connectivity index (χ0) is 17.4. The molecule has 0 radical (unpaired) electrons.